The number of rotatable bonds is 1. The first kappa shape index (κ1) is 7.12. The Bertz CT molecular complexity index is 186. The van der Waals surface area contributed by atoms with Crippen molar-refractivity contribution in [1.29, 1.82) is 0 Å². The Kier molecular flexibility index (Phi) is 1.66. The Morgan fingerprint density at radius 1 is 1.50 bits per heavy atom. The highest BCUT2D eigenvalue weighted by molar-refractivity contribution is 5.38. The first-order valence-corrected chi connectivity index (χ1v) is 3.25. The summed E-state index contributed by atoms with van der Waals surface area (Å²) in [5, 5.41) is 6.77. The molecule has 1 heterocycles. The van der Waals surface area contributed by atoms with E-state index in [9.17, 15) is 0 Å². The number of hydrogen-bond donors (Lipinski definition) is 1. The van der Waals surface area contributed by atoms with Crippen molar-refractivity contribution in [2.75, 3.05) is 5.32 Å². The predicted molar refractivity (Wildman–Crippen MR) is 39.9 cm³/mol. The van der Waals surface area contributed by atoms with Crippen molar-refractivity contribution >= 4 is 5.69 Å². The minimum absolute atomic E-state index is 0.0750. The highest BCUT2D eigenvalue weighted by atomic mass is 16.5. The molecule has 1 aromatic rings. The zero-order valence-electron chi connectivity index (χ0n) is 6.51. The zero-order chi connectivity index (χ0) is 7.61. The normalized spacial score (nSPS) is 11.5. The molecule has 0 bridgehead atoms. The number of nitrogens with zero attached hydrogens (tertiary/aromatic N) is 1. The summed E-state index contributed by atoms with van der Waals surface area (Å²) in [5.41, 5.74) is 0.999. The van der Waals surface area contributed by atoms with Crippen molar-refractivity contribution in [2.45, 2.75) is 26.3 Å². The van der Waals surface area contributed by atoms with E-state index < -0.39 is 0 Å². The average molecular weight is 140 g/mol. The molecule has 3 nitrogen and oxygen atoms in total. The fourth-order valence-corrected chi connectivity index (χ4v) is 0.700. The van der Waals surface area contributed by atoms with Gasteiger partial charge < -0.3 is 9.84 Å². The molecule has 1 rings (SSSR count). The first-order chi connectivity index (χ1) is 4.58. The molecule has 0 fully saturated rings. The predicted octanol–water partition coefficient (Wildman–Crippen LogP) is 1.88. The van der Waals surface area contributed by atoms with E-state index in [2.05, 4.69) is 35.8 Å². The van der Waals surface area contributed by atoms with Gasteiger partial charge in [-0.15, -0.1) is 0 Å². The molecule has 0 saturated heterocycles. The van der Waals surface area contributed by atoms with Crippen LogP contribution in [0, 0.1) is 0 Å². The van der Waals surface area contributed by atoms with Gasteiger partial charge in [-0.1, -0.05) is 5.16 Å². The van der Waals surface area contributed by atoms with Crippen LogP contribution in [0.3, 0.4) is 0 Å². The van der Waals surface area contributed by atoms with Crippen LogP contribution in [-0.4, -0.2) is 10.7 Å². The van der Waals surface area contributed by atoms with Gasteiger partial charge in [0.15, 0.2) is 0 Å². The maximum absolute atomic E-state index is 4.65. The third kappa shape index (κ3) is 2.09. The molecule has 0 aliphatic carbocycles. The first-order valence-electron chi connectivity index (χ1n) is 3.25. The van der Waals surface area contributed by atoms with Crippen molar-refractivity contribution in [3.63, 3.8) is 0 Å². The van der Waals surface area contributed by atoms with Crippen molar-refractivity contribution in [2.24, 2.45) is 0 Å². The van der Waals surface area contributed by atoms with Gasteiger partial charge in [-0.25, -0.2) is 0 Å². The molecular weight excluding hydrogens is 128 g/mol. The molecule has 0 spiro atoms. The monoisotopic (exact) mass is 140 g/mol. The molecule has 56 valence electrons. The van der Waals surface area contributed by atoms with Crippen molar-refractivity contribution < 1.29 is 4.52 Å². The molecule has 1 aromatic heterocycles. The Balaban J connectivity index is 2.57. The lowest BCUT2D eigenvalue weighted by Crippen LogP contribution is -2.25. The molecule has 0 aliphatic rings. The van der Waals surface area contributed by atoms with E-state index in [0.29, 0.717) is 0 Å². The van der Waals surface area contributed by atoms with E-state index in [1.165, 1.54) is 0 Å². The maximum atomic E-state index is 4.65. The molecule has 3 heteroatoms. The second-order valence-electron chi connectivity index (χ2n) is 3.29. The molecule has 1 N–H and O–H groups in total. The lowest BCUT2D eigenvalue weighted by molar-refractivity contribution is 0.420. The number of nitrogens with one attached hydrogen (secondary N) is 1. The van der Waals surface area contributed by atoms with Gasteiger partial charge in [-0.2, -0.15) is 0 Å². The molecular formula is C7H12N2O. The fourth-order valence-electron chi connectivity index (χ4n) is 0.700. The van der Waals surface area contributed by atoms with Crippen molar-refractivity contribution in [3.05, 3.63) is 12.5 Å². The third-order valence-corrected chi connectivity index (χ3v) is 0.952. The van der Waals surface area contributed by atoms with Gasteiger partial charge in [-0.3, -0.25) is 0 Å². The molecule has 0 saturated carbocycles. The van der Waals surface area contributed by atoms with E-state index in [1.807, 2.05) is 0 Å². The van der Waals surface area contributed by atoms with E-state index in [0.717, 1.165) is 5.69 Å². The smallest absolute Gasteiger partial charge is 0.146 e. The SMILES string of the molecule is CC(C)(C)Nc1cnoc1. The Labute approximate surface area is 60.4 Å². The second kappa shape index (κ2) is 2.33. The van der Waals surface area contributed by atoms with E-state index in [1.54, 1.807) is 12.5 Å². The van der Waals surface area contributed by atoms with E-state index in [-0.39, 0.29) is 5.54 Å². The van der Waals surface area contributed by atoms with Crippen LogP contribution in [0.25, 0.3) is 0 Å². The van der Waals surface area contributed by atoms with Crippen LogP contribution < -0.4 is 5.32 Å². The van der Waals surface area contributed by atoms with E-state index in [4.69, 9.17) is 0 Å². The van der Waals surface area contributed by atoms with Gasteiger partial charge in [0.1, 0.15) is 6.26 Å². The number of anilines is 1. The van der Waals surface area contributed by atoms with Gasteiger partial charge in [0, 0.05) is 5.54 Å². The molecule has 0 aliphatic heterocycles. The summed E-state index contributed by atoms with van der Waals surface area (Å²) in [6.45, 7) is 6.25. The molecule has 0 unspecified atom stereocenters. The van der Waals surface area contributed by atoms with Crippen molar-refractivity contribution in [3.8, 4) is 0 Å². The van der Waals surface area contributed by atoms with Gasteiger partial charge in [-0.05, 0) is 20.8 Å². The zero-order valence-corrected chi connectivity index (χ0v) is 6.51. The largest absolute Gasteiger partial charge is 0.377 e. The van der Waals surface area contributed by atoms with Crippen LogP contribution in [0.4, 0.5) is 5.69 Å². The molecule has 0 atom stereocenters. The van der Waals surface area contributed by atoms with Crippen LogP contribution in [0.5, 0.6) is 0 Å². The summed E-state index contributed by atoms with van der Waals surface area (Å²) in [6, 6.07) is 0. The Hall–Kier alpha value is -0.990. The lowest BCUT2D eigenvalue weighted by Gasteiger charge is -2.19. The van der Waals surface area contributed by atoms with Crippen LogP contribution >= 0.6 is 0 Å². The number of hydrogen-bond acceptors (Lipinski definition) is 3. The summed E-state index contributed by atoms with van der Waals surface area (Å²) in [7, 11) is 0. The molecule has 0 amide bonds. The summed E-state index contributed by atoms with van der Waals surface area (Å²) in [4.78, 5) is 0. The molecule has 0 radical (unpaired) electrons. The summed E-state index contributed by atoms with van der Waals surface area (Å²) in [5.74, 6) is 0. The topological polar surface area (TPSA) is 38.1 Å². The van der Waals surface area contributed by atoms with Gasteiger partial charge in [0.05, 0.1) is 11.9 Å². The van der Waals surface area contributed by atoms with E-state index >= 15 is 0 Å². The van der Waals surface area contributed by atoms with Gasteiger partial charge in [0.2, 0.25) is 0 Å². The summed E-state index contributed by atoms with van der Waals surface area (Å²) >= 11 is 0. The minimum atomic E-state index is 0.0750. The number of aromatic nitrogens is 1. The van der Waals surface area contributed by atoms with Crippen LogP contribution in [0.15, 0.2) is 17.0 Å². The Morgan fingerprint density at radius 2 is 2.20 bits per heavy atom. The van der Waals surface area contributed by atoms with Crippen LogP contribution in [0.2, 0.25) is 0 Å². The quantitative estimate of drug-likeness (QED) is 0.647. The molecule has 10 heavy (non-hydrogen) atoms. The van der Waals surface area contributed by atoms with Gasteiger partial charge in [0.25, 0.3) is 0 Å². The average Bonchev–Trinajstić information content (AvgIpc) is 2.12. The standard InChI is InChI=1S/C7H12N2O/c1-7(2,3)9-6-4-8-10-5-6/h4-5,9H,1-3H3. The second-order valence-corrected chi connectivity index (χ2v) is 3.29. The third-order valence-electron chi connectivity index (χ3n) is 0.952. The highest BCUT2D eigenvalue weighted by Gasteiger charge is 2.09. The fraction of sp³-hybridized carbons (Fsp3) is 0.571. The summed E-state index contributed by atoms with van der Waals surface area (Å²) in [6.07, 6.45) is 3.25. The van der Waals surface area contributed by atoms with Gasteiger partial charge >= 0.3 is 0 Å². The Morgan fingerprint density at radius 3 is 2.60 bits per heavy atom. The minimum Gasteiger partial charge on any atom is -0.377 e. The summed E-state index contributed by atoms with van der Waals surface area (Å²) < 4.78 is 4.65. The lowest BCUT2D eigenvalue weighted by atomic mass is 10.1. The highest BCUT2D eigenvalue weighted by Crippen LogP contribution is 2.12. The molecule has 0 aromatic carbocycles. The van der Waals surface area contributed by atoms with Crippen LogP contribution in [-0.2, 0) is 0 Å². The van der Waals surface area contributed by atoms with Crippen molar-refractivity contribution in [1.82, 2.24) is 5.16 Å². The maximum Gasteiger partial charge on any atom is 0.146 e. The van der Waals surface area contributed by atoms with Crippen LogP contribution in [0.1, 0.15) is 20.8 Å².